The van der Waals surface area contributed by atoms with E-state index in [0.29, 0.717) is 28.7 Å². The van der Waals surface area contributed by atoms with Crippen LogP contribution in [0.3, 0.4) is 0 Å². The molecule has 1 N–H and O–H groups in total. The lowest BCUT2D eigenvalue weighted by atomic mass is 9.86. The van der Waals surface area contributed by atoms with Gasteiger partial charge in [0.1, 0.15) is 11.5 Å². The highest BCUT2D eigenvalue weighted by molar-refractivity contribution is 8.77. The van der Waals surface area contributed by atoms with Gasteiger partial charge in [-0.15, -0.1) is 0 Å². The Bertz CT molecular complexity index is 1060. The SMILES string of the molecule is CC(=O)Oc1ccc(OC(C)=O)c(/C=C/c2ccccc2C(CCC(=O)O)CC2CCSS2)c1. The third-order valence-electron chi connectivity index (χ3n) is 5.36. The molecule has 3 rings (SSSR count). The first kappa shape index (κ1) is 25.9. The summed E-state index contributed by atoms with van der Waals surface area (Å²) in [7, 11) is 3.77. The number of hydrogen-bond acceptors (Lipinski definition) is 7. The van der Waals surface area contributed by atoms with Crippen molar-refractivity contribution in [2.24, 2.45) is 0 Å². The van der Waals surface area contributed by atoms with E-state index in [2.05, 4.69) is 6.07 Å². The van der Waals surface area contributed by atoms with Gasteiger partial charge in [-0.05, 0) is 54.5 Å². The minimum Gasteiger partial charge on any atom is -0.481 e. The molecule has 1 fully saturated rings. The Hall–Kier alpha value is -2.71. The Kier molecular flexibility index (Phi) is 9.65. The van der Waals surface area contributed by atoms with E-state index in [9.17, 15) is 19.5 Å². The van der Waals surface area contributed by atoms with Crippen LogP contribution in [0, 0.1) is 0 Å². The van der Waals surface area contributed by atoms with Gasteiger partial charge in [0, 0.05) is 36.8 Å². The average molecular weight is 501 g/mol. The van der Waals surface area contributed by atoms with E-state index in [4.69, 9.17) is 9.47 Å². The molecule has 0 aromatic heterocycles. The van der Waals surface area contributed by atoms with E-state index >= 15 is 0 Å². The minimum atomic E-state index is -0.792. The second-order valence-electron chi connectivity index (χ2n) is 8.04. The van der Waals surface area contributed by atoms with E-state index in [0.717, 1.165) is 29.7 Å². The largest absolute Gasteiger partial charge is 0.481 e. The van der Waals surface area contributed by atoms with Crippen LogP contribution < -0.4 is 9.47 Å². The van der Waals surface area contributed by atoms with Gasteiger partial charge in [-0.2, -0.15) is 0 Å². The van der Waals surface area contributed by atoms with Gasteiger partial charge < -0.3 is 14.6 Å². The Morgan fingerprint density at radius 1 is 1.06 bits per heavy atom. The molecule has 1 aliphatic rings. The molecule has 2 atom stereocenters. The summed E-state index contributed by atoms with van der Waals surface area (Å²) in [5.74, 6) is 0.277. The van der Waals surface area contributed by atoms with Crippen LogP contribution in [0.1, 0.15) is 62.1 Å². The molecule has 0 bridgehead atoms. The molecule has 2 aromatic carbocycles. The van der Waals surface area contributed by atoms with Crippen molar-refractivity contribution in [1.29, 1.82) is 0 Å². The lowest BCUT2D eigenvalue weighted by molar-refractivity contribution is -0.137. The number of carboxylic acids is 1. The molecule has 0 spiro atoms. The van der Waals surface area contributed by atoms with E-state index in [1.54, 1.807) is 18.2 Å². The van der Waals surface area contributed by atoms with Gasteiger partial charge in [0.25, 0.3) is 0 Å². The number of carbonyl (C=O) groups excluding carboxylic acids is 2. The highest BCUT2D eigenvalue weighted by atomic mass is 33.1. The summed E-state index contributed by atoms with van der Waals surface area (Å²) < 4.78 is 10.5. The van der Waals surface area contributed by atoms with Gasteiger partial charge in [0.2, 0.25) is 0 Å². The average Bonchev–Trinajstić information content (AvgIpc) is 3.29. The summed E-state index contributed by atoms with van der Waals surface area (Å²) in [4.78, 5) is 34.2. The second-order valence-corrected chi connectivity index (χ2v) is 10.8. The van der Waals surface area contributed by atoms with Crippen LogP contribution in [0.2, 0.25) is 0 Å². The van der Waals surface area contributed by atoms with Crippen molar-refractivity contribution in [2.45, 2.75) is 50.7 Å². The van der Waals surface area contributed by atoms with Crippen molar-refractivity contribution in [1.82, 2.24) is 0 Å². The third-order valence-corrected chi connectivity index (χ3v) is 8.32. The van der Waals surface area contributed by atoms with E-state index < -0.39 is 17.9 Å². The smallest absolute Gasteiger partial charge is 0.308 e. The maximum Gasteiger partial charge on any atom is 0.308 e. The number of rotatable bonds is 10. The molecule has 34 heavy (non-hydrogen) atoms. The number of hydrogen-bond donors (Lipinski definition) is 1. The summed E-state index contributed by atoms with van der Waals surface area (Å²) in [5.41, 5.74) is 2.66. The number of benzene rings is 2. The molecular weight excluding hydrogens is 472 g/mol. The van der Waals surface area contributed by atoms with Gasteiger partial charge in [-0.1, -0.05) is 58.0 Å². The van der Waals surface area contributed by atoms with Gasteiger partial charge in [0.05, 0.1) is 0 Å². The molecule has 2 unspecified atom stereocenters. The maximum absolute atomic E-state index is 11.6. The van der Waals surface area contributed by atoms with E-state index in [1.807, 2.05) is 51.9 Å². The Labute approximate surface area is 207 Å². The second kappa shape index (κ2) is 12.7. The molecule has 8 heteroatoms. The summed E-state index contributed by atoms with van der Waals surface area (Å²) >= 11 is 0. The fraction of sp³-hybridized carbons (Fsp3) is 0.346. The van der Waals surface area contributed by atoms with Crippen LogP contribution >= 0.6 is 21.6 Å². The quantitative estimate of drug-likeness (QED) is 0.178. The molecule has 0 aliphatic carbocycles. The zero-order valence-corrected chi connectivity index (χ0v) is 20.8. The van der Waals surface area contributed by atoms with Gasteiger partial charge in [-0.25, -0.2) is 0 Å². The molecular formula is C26H28O6S2. The van der Waals surface area contributed by atoms with Gasteiger partial charge >= 0.3 is 17.9 Å². The highest BCUT2D eigenvalue weighted by Crippen LogP contribution is 2.43. The van der Waals surface area contributed by atoms with Crippen molar-refractivity contribution < 1.29 is 29.0 Å². The van der Waals surface area contributed by atoms with Crippen molar-refractivity contribution in [3.8, 4) is 11.5 Å². The number of ether oxygens (including phenoxy) is 2. The molecule has 0 amide bonds. The van der Waals surface area contributed by atoms with Crippen LogP contribution in [-0.4, -0.2) is 34.0 Å². The van der Waals surface area contributed by atoms with Crippen molar-refractivity contribution in [3.05, 3.63) is 59.2 Å². The van der Waals surface area contributed by atoms with Gasteiger partial charge in [0.15, 0.2) is 0 Å². The first-order valence-electron chi connectivity index (χ1n) is 11.1. The normalized spacial score (nSPS) is 16.4. The molecule has 6 nitrogen and oxygen atoms in total. The van der Waals surface area contributed by atoms with Crippen LogP contribution in [-0.2, 0) is 14.4 Å². The maximum atomic E-state index is 11.6. The monoisotopic (exact) mass is 500 g/mol. The highest BCUT2D eigenvalue weighted by Gasteiger charge is 2.24. The molecule has 0 saturated carbocycles. The zero-order chi connectivity index (χ0) is 24.5. The lowest BCUT2D eigenvalue weighted by Gasteiger charge is -2.21. The predicted octanol–water partition coefficient (Wildman–Crippen LogP) is 6.20. The van der Waals surface area contributed by atoms with Crippen molar-refractivity contribution in [2.75, 3.05) is 5.75 Å². The van der Waals surface area contributed by atoms with E-state index in [-0.39, 0.29) is 12.3 Å². The van der Waals surface area contributed by atoms with Crippen LogP contribution in [0.4, 0.5) is 0 Å². The summed E-state index contributed by atoms with van der Waals surface area (Å²) in [6.07, 6.45) is 6.50. The fourth-order valence-corrected chi connectivity index (χ4v) is 6.92. The fourth-order valence-electron chi connectivity index (χ4n) is 3.89. The lowest BCUT2D eigenvalue weighted by Crippen LogP contribution is -2.11. The van der Waals surface area contributed by atoms with E-state index in [1.165, 1.54) is 13.8 Å². The van der Waals surface area contributed by atoms with Crippen LogP contribution in [0.15, 0.2) is 42.5 Å². The number of carbonyl (C=O) groups is 3. The third kappa shape index (κ3) is 7.95. The first-order valence-corrected chi connectivity index (χ1v) is 13.5. The molecule has 1 heterocycles. The van der Waals surface area contributed by atoms with Crippen LogP contribution in [0.5, 0.6) is 11.5 Å². The predicted molar refractivity (Wildman–Crippen MR) is 137 cm³/mol. The molecule has 0 radical (unpaired) electrons. The Morgan fingerprint density at radius 3 is 2.47 bits per heavy atom. The van der Waals surface area contributed by atoms with Crippen molar-refractivity contribution >= 4 is 51.6 Å². The Balaban J connectivity index is 1.92. The molecule has 2 aromatic rings. The number of carboxylic acid groups (broad SMARTS) is 1. The molecule has 180 valence electrons. The Morgan fingerprint density at radius 2 is 1.79 bits per heavy atom. The molecule has 1 saturated heterocycles. The zero-order valence-electron chi connectivity index (χ0n) is 19.2. The summed E-state index contributed by atoms with van der Waals surface area (Å²) in [5, 5.41) is 9.79. The van der Waals surface area contributed by atoms with Crippen LogP contribution in [0.25, 0.3) is 12.2 Å². The summed E-state index contributed by atoms with van der Waals surface area (Å²) in [6, 6.07) is 12.8. The number of esters is 2. The molecule has 1 aliphatic heterocycles. The standard InChI is InChI=1S/C26H28O6S2/c1-17(27)31-22-10-11-25(32-18(2)28)21(15-22)8-7-19-5-3-4-6-24(19)20(9-12-26(29)30)16-23-13-14-33-34-23/h3-8,10-11,15,20,23H,9,12-14,16H2,1-2H3,(H,29,30)/b8-7+. The first-order chi connectivity index (χ1) is 16.3. The topological polar surface area (TPSA) is 89.9 Å². The van der Waals surface area contributed by atoms with Crippen molar-refractivity contribution in [3.63, 3.8) is 0 Å². The van der Waals surface area contributed by atoms with Gasteiger partial charge in [-0.3, -0.25) is 14.4 Å². The number of aliphatic carboxylic acids is 1. The summed E-state index contributed by atoms with van der Waals surface area (Å²) in [6.45, 7) is 2.65. The minimum absolute atomic E-state index is 0.119.